The molecule has 0 aliphatic rings. The lowest BCUT2D eigenvalue weighted by molar-refractivity contribution is 0.0464. The Balaban J connectivity index is 1.90. The van der Waals surface area contributed by atoms with Crippen molar-refractivity contribution in [3.8, 4) is 17.1 Å². The average molecular weight is 366 g/mol. The van der Waals surface area contributed by atoms with Gasteiger partial charge in [0, 0.05) is 12.3 Å². The molecule has 1 aromatic carbocycles. The van der Waals surface area contributed by atoms with Crippen LogP contribution in [0.2, 0.25) is 0 Å². The van der Waals surface area contributed by atoms with Crippen LogP contribution in [0.1, 0.15) is 16.1 Å². The van der Waals surface area contributed by atoms with Crippen LogP contribution in [0.5, 0.6) is 5.75 Å². The summed E-state index contributed by atoms with van der Waals surface area (Å²) in [5.74, 6) is 0.292. The third-order valence-electron chi connectivity index (χ3n) is 3.71. The van der Waals surface area contributed by atoms with Crippen LogP contribution in [0.25, 0.3) is 11.4 Å². The second kappa shape index (κ2) is 8.49. The Morgan fingerprint density at radius 3 is 2.50 bits per heavy atom. The standard InChI is InChI=1S/C20H18N2O3S/c1-24-18-12-16(15-10-6-7-11-21-15)22-17(19(18)26-2)13-25-20(23)14-8-4-3-5-9-14/h3-12H,13H2,1-2H3. The fourth-order valence-electron chi connectivity index (χ4n) is 2.47. The summed E-state index contributed by atoms with van der Waals surface area (Å²) in [6, 6.07) is 16.3. The minimum Gasteiger partial charge on any atom is -0.495 e. The van der Waals surface area contributed by atoms with Gasteiger partial charge in [-0.15, -0.1) is 11.8 Å². The molecule has 0 saturated carbocycles. The summed E-state index contributed by atoms with van der Waals surface area (Å²) in [5, 5.41) is 0. The topological polar surface area (TPSA) is 61.3 Å². The molecule has 132 valence electrons. The molecule has 26 heavy (non-hydrogen) atoms. The summed E-state index contributed by atoms with van der Waals surface area (Å²) in [6.07, 6.45) is 3.64. The smallest absolute Gasteiger partial charge is 0.338 e. The van der Waals surface area contributed by atoms with Crippen molar-refractivity contribution in [2.24, 2.45) is 0 Å². The Bertz CT molecular complexity index is 886. The highest BCUT2D eigenvalue weighted by Crippen LogP contribution is 2.34. The molecular weight excluding hydrogens is 348 g/mol. The van der Waals surface area contributed by atoms with Crippen LogP contribution in [-0.4, -0.2) is 29.3 Å². The number of benzene rings is 1. The second-order valence-corrected chi connectivity index (χ2v) is 6.16. The van der Waals surface area contributed by atoms with Gasteiger partial charge in [-0.1, -0.05) is 24.3 Å². The molecule has 0 N–H and O–H groups in total. The quantitative estimate of drug-likeness (QED) is 0.481. The molecule has 0 unspecified atom stereocenters. The van der Waals surface area contributed by atoms with E-state index in [-0.39, 0.29) is 12.6 Å². The highest BCUT2D eigenvalue weighted by Gasteiger charge is 2.16. The zero-order valence-electron chi connectivity index (χ0n) is 14.5. The van der Waals surface area contributed by atoms with Crippen molar-refractivity contribution in [2.45, 2.75) is 11.5 Å². The zero-order chi connectivity index (χ0) is 18.4. The number of rotatable bonds is 6. The summed E-state index contributed by atoms with van der Waals surface area (Å²) in [5.41, 5.74) is 2.55. The number of ether oxygens (including phenoxy) is 2. The SMILES string of the molecule is COc1cc(-c2ccccn2)nc(COC(=O)c2ccccc2)c1SC. The van der Waals surface area contributed by atoms with Gasteiger partial charge in [0.25, 0.3) is 0 Å². The van der Waals surface area contributed by atoms with Gasteiger partial charge in [0.05, 0.1) is 34.7 Å². The predicted molar refractivity (Wildman–Crippen MR) is 101 cm³/mol. The van der Waals surface area contributed by atoms with Gasteiger partial charge in [-0.3, -0.25) is 4.98 Å². The number of hydrogen-bond donors (Lipinski definition) is 0. The van der Waals surface area contributed by atoms with Crippen LogP contribution < -0.4 is 4.74 Å². The Kier molecular flexibility index (Phi) is 5.86. The molecule has 0 aliphatic carbocycles. The van der Waals surface area contributed by atoms with Crippen molar-refractivity contribution in [3.05, 3.63) is 72.1 Å². The molecule has 3 aromatic rings. The highest BCUT2D eigenvalue weighted by molar-refractivity contribution is 7.98. The lowest BCUT2D eigenvalue weighted by Gasteiger charge is -2.14. The van der Waals surface area contributed by atoms with E-state index in [4.69, 9.17) is 9.47 Å². The van der Waals surface area contributed by atoms with Gasteiger partial charge in [-0.05, 0) is 30.5 Å². The highest BCUT2D eigenvalue weighted by atomic mass is 32.2. The molecule has 0 saturated heterocycles. The van der Waals surface area contributed by atoms with Gasteiger partial charge in [0.2, 0.25) is 0 Å². The fourth-order valence-corrected chi connectivity index (χ4v) is 3.15. The van der Waals surface area contributed by atoms with Crippen LogP contribution in [0.3, 0.4) is 0 Å². The van der Waals surface area contributed by atoms with Crippen molar-refractivity contribution < 1.29 is 14.3 Å². The molecule has 0 atom stereocenters. The summed E-state index contributed by atoms with van der Waals surface area (Å²) < 4.78 is 11.0. The third kappa shape index (κ3) is 4.03. The molecule has 3 rings (SSSR count). The van der Waals surface area contributed by atoms with E-state index in [9.17, 15) is 4.79 Å². The summed E-state index contributed by atoms with van der Waals surface area (Å²) in [6.45, 7) is 0.0565. The van der Waals surface area contributed by atoms with Crippen LogP contribution in [0.4, 0.5) is 0 Å². The first kappa shape index (κ1) is 17.9. The maximum Gasteiger partial charge on any atom is 0.338 e. The Labute approximate surface area is 156 Å². The van der Waals surface area contributed by atoms with Gasteiger partial charge in [-0.2, -0.15) is 0 Å². The monoisotopic (exact) mass is 366 g/mol. The average Bonchev–Trinajstić information content (AvgIpc) is 2.72. The van der Waals surface area contributed by atoms with E-state index >= 15 is 0 Å². The lowest BCUT2D eigenvalue weighted by Crippen LogP contribution is -2.08. The number of aromatic nitrogens is 2. The van der Waals surface area contributed by atoms with Gasteiger partial charge in [0.1, 0.15) is 12.4 Å². The number of nitrogens with zero attached hydrogens (tertiary/aromatic N) is 2. The van der Waals surface area contributed by atoms with Crippen molar-refractivity contribution in [2.75, 3.05) is 13.4 Å². The molecule has 0 fully saturated rings. The second-order valence-electron chi connectivity index (χ2n) is 5.35. The van der Waals surface area contributed by atoms with E-state index in [1.165, 1.54) is 11.8 Å². The molecule has 2 aromatic heterocycles. The van der Waals surface area contributed by atoms with Crippen molar-refractivity contribution in [3.63, 3.8) is 0 Å². The van der Waals surface area contributed by atoms with E-state index < -0.39 is 0 Å². The maximum atomic E-state index is 12.2. The summed E-state index contributed by atoms with van der Waals surface area (Å²) in [4.78, 5) is 22.0. The van der Waals surface area contributed by atoms with Crippen LogP contribution in [0.15, 0.2) is 65.7 Å². The van der Waals surface area contributed by atoms with E-state index in [1.807, 2.05) is 36.6 Å². The minimum atomic E-state index is -0.387. The normalized spacial score (nSPS) is 10.4. The fraction of sp³-hybridized carbons (Fsp3) is 0.150. The number of methoxy groups -OCH3 is 1. The summed E-state index contributed by atoms with van der Waals surface area (Å²) >= 11 is 1.50. The molecule has 2 heterocycles. The molecule has 0 radical (unpaired) electrons. The third-order valence-corrected chi connectivity index (χ3v) is 4.56. The minimum absolute atomic E-state index is 0.0565. The first-order valence-electron chi connectivity index (χ1n) is 7.98. The molecule has 0 aliphatic heterocycles. The van der Waals surface area contributed by atoms with Crippen LogP contribution in [-0.2, 0) is 11.3 Å². The van der Waals surface area contributed by atoms with E-state index in [1.54, 1.807) is 37.6 Å². The van der Waals surface area contributed by atoms with Gasteiger partial charge in [0.15, 0.2) is 0 Å². The number of thioether (sulfide) groups is 1. The zero-order valence-corrected chi connectivity index (χ0v) is 15.3. The van der Waals surface area contributed by atoms with Crippen molar-refractivity contribution >= 4 is 17.7 Å². The van der Waals surface area contributed by atoms with Crippen LogP contribution in [0, 0.1) is 0 Å². The Morgan fingerprint density at radius 2 is 1.85 bits per heavy atom. The van der Waals surface area contributed by atoms with E-state index in [2.05, 4.69) is 9.97 Å². The molecule has 0 amide bonds. The number of hydrogen-bond acceptors (Lipinski definition) is 6. The number of esters is 1. The van der Waals surface area contributed by atoms with E-state index in [0.29, 0.717) is 22.7 Å². The van der Waals surface area contributed by atoms with E-state index in [0.717, 1.165) is 10.6 Å². The number of carbonyl (C=O) groups excluding carboxylic acids is 1. The maximum absolute atomic E-state index is 12.2. The van der Waals surface area contributed by atoms with Crippen molar-refractivity contribution in [1.82, 2.24) is 9.97 Å². The van der Waals surface area contributed by atoms with Gasteiger partial charge >= 0.3 is 5.97 Å². The Morgan fingerprint density at radius 1 is 1.08 bits per heavy atom. The molecule has 0 bridgehead atoms. The molecular formula is C20H18N2O3S. The molecule has 5 nitrogen and oxygen atoms in total. The summed E-state index contributed by atoms with van der Waals surface area (Å²) in [7, 11) is 1.61. The predicted octanol–water partition coefficient (Wildman–Crippen LogP) is 4.23. The largest absolute Gasteiger partial charge is 0.495 e. The number of carbonyl (C=O) groups is 1. The van der Waals surface area contributed by atoms with Gasteiger partial charge < -0.3 is 9.47 Å². The molecule has 0 spiro atoms. The van der Waals surface area contributed by atoms with Gasteiger partial charge in [-0.25, -0.2) is 9.78 Å². The lowest BCUT2D eigenvalue weighted by atomic mass is 10.2. The first-order chi connectivity index (χ1) is 12.7. The van der Waals surface area contributed by atoms with Crippen molar-refractivity contribution in [1.29, 1.82) is 0 Å². The Hall–Kier alpha value is -2.86. The molecule has 6 heteroatoms. The van der Waals surface area contributed by atoms with Crippen LogP contribution >= 0.6 is 11.8 Å². The number of pyridine rings is 2. The first-order valence-corrected chi connectivity index (χ1v) is 9.21.